The van der Waals surface area contributed by atoms with Crippen molar-refractivity contribution in [3.8, 4) is 0 Å². The summed E-state index contributed by atoms with van der Waals surface area (Å²) in [7, 11) is 0. The van der Waals surface area contributed by atoms with Gasteiger partial charge >= 0.3 is 0 Å². The van der Waals surface area contributed by atoms with Crippen LogP contribution in [0.5, 0.6) is 0 Å². The van der Waals surface area contributed by atoms with E-state index in [4.69, 9.17) is 5.73 Å². The van der Waals surface area contributed by atoms with E-state index in [1.54, 1.807) is 0 Å². The van der Waals surface area contributed by atoms with Crippen LogP contribution in [0.3, 0.4) is 0 Å². The number of hydrogen-bond acceptors (Lipinski definition) is 2. The van der Waals surface area contributed by atoms with Crippen LogP contribution < -0.4 is 11.1 Å². The summed E-state index contributed by atoms with van der Waals surface area (Å²) in [5.74, 6) is -1.61. The van der Waals surface area contributed by atoms with Crippen LogP contribution in [0.2, 0.25) is 0 Å². The zero-order chi connectivity index (χ0) is 13.5. The Balaban J connectivity index is 2.51. The second kappa shape index (κ2) is 7.43. The number of rotatable bonds is 6. The van der Waals surface area contributed by atoms with E-state index in [9.17, 15) is 13.6 Å². The molecule has 3 nitrogen and oxygen atoms in total. The van der Waals surface area contributed by atoms with Crippen molar-refractivity contribution in [1.82, 2.24) is 0 Å². The Hall–Kier alpha value is -1.01. The van der Waals surface area contributed by atoms with Crippen LogP contribution in [-0.2, 0) is 4.79 Å². The predicted molar refractivity (Wildman–Crippen MR) is 70.2 cm³/mol. The molecule has 100 valence electrons. The van der Waals surface area contributed by atoms with Crippen LogP contribution in [0.1, 0.15) is 25.7 Å². The minimum atomic E-state index is -0.668. The third kappa shape index (κ3) is 4.70. The number of amides is 1. The number of nitrogens with one attached hydrogen (secondary N) is 1. The zero-order valence-corrected chi connectivity index (χ0v) is 11.4. The van der Waals surface area contributed by atoms with Gasteiger partial charge in [-0.3, -0.25) is 4.79 Å². The van der Waals surface area contributed by atoms with Crippen molar-refractivity contribution < 1.29 is 13.6 Å². The van der Waals surface area contributed by atoms with Crippen LogP contribution in [0.4, 0.5) is 14.5 Å². The normalized spacial score (nSPS) is 10.4. The van der Waals surface area contributed by atoms with Gasteiger partial charge in [-0.05, 0) is 41.4 Å². The van der Waals surface area contributed by atoms with Crippen LogP contribution in [-0.4, -0.2) is 12.5 Å². The molecule has 0 bridgehead atoms. The summed E-state index contributed by atoms with van der Waals surface area (Å²) in [5, 5.41) is 2.35. The first-order chi connectivity index (χ1) is 8.54. The molecule has 0 saturated carbocycles. The smallest absolute Gasteiger partial charge is 0.224 e. The van der Waals surface area contributed by atoms with Gasteiger partial charge in [0.1, 0.15) is 11.6 Å². The Morgan fingerprint density at radius 3 is 2.61 bits per heavy atom. The average Bonchev–Trinajstić information content (AvgIpc) is 2.32. The molecule has 1 amide bonds. The highest BCUT2D eigenvalue weighted by Crippen LogP contribution is 2.23. The van der Waals surface area contributed by atoms with Gasteiger partial charge in [-0.1, -0.05) is 6.42 Å². The van der Waals surface area contributed by atoms with Crippen molar-refractivity contribution in [1.29, 1.82) is 0 Å². The van der Waals surface area contributed by atoms with Gasteiger partial charge < -0.3 is 11.1 Å². The summed E-state index contributed by atoms with van der Waals surface area (Å²) in [4.78, 5) is 11.5. The summed E-state index contributed by atoms with van der Waals surface area (Å²) >= 11 is 2.87. The fraction of sp³-hybridized carbons (Fsp3) is 0.417. The lowest BCUT2D eigenvalue weighted by molar-refractivity contribution is -0.116. The highest BCUT2D eigenvalue weighted by molar-refractivity contribution is 9.10. The zero-order valence-electron chi connectivity index (χ0n) is 9.81. The maximum absolute atomic E-state index is 13.4. The van der Waals surface area contributed by atoms with Gasteiger partial charge in [-0.25, -0.2) is 8.78 Å². The summed E-state index contributed by atoms with van der Waals surface area (Å²) in [6.07, 6.45) is 2.66. The maximum Gasteiger partial charge on any atom is 0.224 e. The van der Waals surface area contributed by atoms with E-state index in [1.165, 1.54) is 0 Å². The fourth-order valence-corrected chi connectivity index (χ4v) is 1.75. The molecule has 1 aromatic rings. The van der Waals surface area contributed by atoms with Crippen molar-refractivity contribution in [3.05, 3.63) is 28.2 Å². The average molecular weight is 321 g/mol. The molecule has 0 unspecified atom stereocenters. The molecule has 3 N–H and O–H groups in total. The van der Waals surface area contributed by atoms with E-state index in [2.05, 4.69) is 21.2 Å². The Labute approximate surface area is 113 Å². The number of carbonyl (C=O) groups is 1. The molecular formula is C12H15BrF2N2O. The van der Waals surface area contributed by atoms with Crippen molar-refractivity contribution in [2.45, 2.75) is 25.7 Å². The molecule has 18 heavy (non-hydrogen) atoms. The number of halogens is 3. The minimum absolute atomic E-state index is 0.0287. The Kier molecular flexibility index (Phi) is 6.21. The Bertz CT molecular complexity index is 427. The van der Waals surface area contributed by atoms with E-state index < -0.39 is 11.6 Å². The lowest BCUT2D eigenvalue weighted by Gasteiger charge is -2.07. The highest BCUT2D eigenvalue weighted by Gasteiger charge is 2.10. The van der Waals surface area contributed by atoms with E-state index in [1.807, 2.05) is 0 Å². The van der Waals surface area contributed by atoms with Gasteiger partial charge in [0.05, 0.1) is 10.2 Å². The van der Waals surface area contributed by atoms with Gasteiger partial charge in [-0.15, -0.1) is 0 Å². The van der Waals surface area contributed by atoms with Crippen LogP contribution >= 0.6 is 15.9 Å². The monoisotopic (exact) mass is 320 g/mol. The summed E-state index contributed by atoms with van der Waals surface area (Å²) in [6.45, 7) is 0.591. The summed E-state index contributed by atoms with van der Waals surface area (Å²) < 4.78 is 26.6. The maximum atomic E-state index is 13.4. The molecular weight excluding hydrogens is 306 g/mol. The lowest BCUT2D eigenvalue weighted by atomic mass is 10.2. The first kappa shape index (κ1) is 15.0. The second-order valence-corrected chi connectivity index (χ2v) is 4.75. The third-order valence-electron chi connectivity index (χ3n) is 2.39. The number of unbranched alkanes of at least 4 members (excludes halogenated alkanes) is 2. The van der Waals surface area contributed by atoms with Gasteiger partial charge in [0.2, 0.25) is 5.91 Å². The molecule has 1 aromatic carbocycles. The van der Waals surface area contributed by atoms with E-state index in [0.29, 0.717) is 13.0 Å². The Morgan fingerprint density at radius 1 is 1.22 bits per heavy atom. The molecule has 0 radical (unpaired) electrons. The predicted octanol–water partition coefficient (Wildman–Crippen LogP) is 3.18. The van der Waals surface area contributed by atoms with Gasteiger partial charge in [0.25, 0.3) is 0 Å². The number of hydrogen-bond donors (Lipinski definition) is 2. The van der Waals surface area contributed by atoms with E-state index in [-0.39, 0.29) is 22.5 Å². The van der Waals surface area contributed by atoms with Gasteiger partial charge in [0.15, 0.2) is 0 Å². The topological polar surface area (TPSA) is 55.1 Å². The number of nitrogens with two attached hydrogens (primary N) is 1. The Morgan fingerprint density at radius 2 is 1.94 bits per heavy atom. The van der Waals surface area contributed by atoms with Crippen molar-refractivity contribution in [2.24, 2.45) is 5.73 Å². The van der Waals surface area contributed by atoms with Crippen molar-refractivity contribution in [2.75, 3.05) is 11.9 Å². The molecule has 0 saturated heterocycles. The minimum Gasteiger partial charge on any atom is -0.330 e. The standard InChI is InChI=1S/C12H15BrF2N2O/c13-8-6-10(15)11(7-9(8)14)17-12(18)4-2-1-3-5-16/h6-7H,1-5,16H2,(H,17,18). The molecule has 0 atom stereocenters. The highest BCUT2D eigenvalue weighted by atomic mass is 79.9. The fourth-order valence-electron chi connectivity index (χ4n) is 1.44. The third-order valence-corrected chi connectivity index (χ3v) is 3.00. The van der Waals surface area contributed by atoms with Crippen molar-refractivity contribution >= 4 is 27.5 Å². The van der Waals surface area contributed by atoms with Crippen LogP contribution in [0.25, 0.3) is 0 Å². The molecule has 0 spiro atoms. The SMILES string of the molecule is NCCCCCC(=O)Nc1cc(F)c(Br)cc1F. The van der Waals surface area contributed by atoms with Gasteiger partial charge in [0, 0.05) is 12.5 Å². The number of benzene rings is 1. The molecule has 0 aromatic heterocycles. The van der Waals surface area contributed by atoms with Crippen molar-refractivity contribution in [3.63, 3.8) is 0 Å². The number of anilines is 1. The van der Waals surface area contributed by atoms with E-state index >= 15 is 0 Å². The first-order valence-corrected chi connectivity index (χ1v) is 6.48. The molecule has 0 aliphatic heterocycles. The molecule has 0 aliphatic carbocycles. The molecule has 6 heteroatoms. The molecule has 0 fully saturated rings. The quantitative estimate of drug-likeness (QED) is 0.624. The second-order valence-electron chi connectivity index (χ2n) is 3.89. The van der Waals surface area contributed by atoms with Crippen LogP contribution in [0.15, 0.2) is 16.6 Å². The largest absolute Gasteiger partial charge is 0.330 e. The lowest BCUT2D eigenvalue weighted by Crippen LogP contribution is -2.13. The molecule has 0 heterocycles. The molecule has 1 rings (SSSR count). The first-order valence-electron chi connectivity index (χ1n) is 5.69. The van der Waals surface area contributed by atoms with Crippen LogP contribution in [0, 0.1) is 11.6 Å². The molecule has 0 aliphatic rings. The number of carbonyl (C=O) groups excluding carboxylic acids is 1. The summed E-state index contributed by atoms with van der Waals surface area (Å²) in [6, 6.07) is 1.94. The van der Waals surface area contributed by atoms with Gasteiger partial charge in [-0.2, -0.15) is 0 Å². The summed E-state index contributed by atoms with van der Waals surface area (Å²) in [5.41, 5.74) is 5.18. The van der Waals surface area contributed by atoms with E-state index in [0.717, 1.165) is 25.0 Å².